The van der Waals surface area contributed by atoms with Gasteiger partial charge in [-0.3, -0.25) is 0 Å². The highest BCUT2D eigenvalue weighted by molar-refractivity contribution is 5.35. The van der Waals surface area contributed by atoms with E-state index in [4.69, 9.17) is 9.47 Å². The van der Waals surface area contributed by atoms with E-state index in [1.807, 2.05) is 0 Å². The van der Waals surface area contributed by atoms with E-state index >= 15 is 0 Å². The summed E-state index contributed by atoms with van der Waals surface area (Å²) in [4.78, 5) is 0. The molecule has 1 aromatic carbocycles. The van der Waals surface area contributed by atoms with Crippen molar-refractivity contribution in [3.63, 3.8) is 0 Å². The van der Waals surface area contributed by atoms with Gasteiger partial charge in [0.15, 0.2) is 11.5 Å². The maximum absolute atomic E-state index is 14.3. The molecule has 1 aromatic rings. The van der Waals surface area contributed by atoms with Crippen LogP contribution in [0.3, 0.4) is 0 Å². The normalized spacial score (nSPS) is 26.9. The number of hydrogen-bond donors (Lipinski definition) is 0. The highest BCUT2D eigenvalue weighted by atomic mass is 19.2. The van der Waals surface area contributed by atoms with E-state index in [1.54, 1.807) is 0 Å². The average Bonchev–Trinajstić information content (AvgIpc) is 3.60. The molecular formula is C26H36F2O2. The minimum Gasteiger partial charge on any atom is -0.490 e. The molecule has 0 saturated heterocycles. The summed E-state index contributed by atoms with van der Waals surface area (Å²) in [5.41, 5.74) is 1.21. The Labute approximate surface area is 180 Å². The Bertz CT molecular complexity index is 733. The fourth-order valence-corrected chi connectivity index (χ4v) is 5.22. The van der Waals surface area contributed by atoms with Gasteiger partial charge >= 0.3 is 0 Å². The number of benzene rings is 1. The van der Waals surface area contributed by atoms with Crippen molar-refractivity contribution >= 4 is 0 Å². The molecule has 1 unspecified atom stereocenters. The molecular weight excluding hydrogens is 382 g/mol. The Morgan fingerprint density at radius 2 is 1.50 bits per heavy atom. The summed E-state index contributed by atoms with van der Waals surface area (Å²) in [5, 5.41) is 0. The van der Waals surface area contributed by atoms with Crippen LogP contribution < -0.4 is 9.47 Å². The largest absolute Gasteiger partial charge is 0.490 e. The van der Waals surface area contributed by atoms with E-state index in [1.165, 1.54) is 62.7 Å². The van der Waals surface area contributed by atoms with E-state index in [2.05, 4.69) is 13.0 Å². The Kier molecular flexibility index (Phi) is 7.32. The van der Waals surface area contributed by atoms with Crippen LogP contribution in [0.5, 0.6) is 11.5 Å². The first-order valence-corrected chi connectivity index (χ1v) is 12.1. The van der Waals surface area contributed by atoms with Crippen molar-refractivity contribution in [1.82, 2.24) is 0 Å². The van der Waals surface area contributed by atoms with Crippen molar-refractivity contribution in [2.24, 2.45) is 23.7 Å². The first-order valence-electron chi connectivity index (χ1n) is 12.1. The van der Waals surface area contributed by atoms with Gasteiger partial charge in [0, 0.05) is 0 Å². The fraction of sp³-hybridized carbons (Fsp3) is 0.692. The first-order chi connectivity index (χ1) is 14.6. The third-order valence-corrected chi connectivity index (χ3v) is 7.40. The van der Waals surface area contributed by atoms with Gasteiger partial charge in [-0.25, -0.2) is 0 Å². The molecule has 0 amide bonds. The Hall–Kier alpha value is -1.58. The molecule has 0 aliphatic heterocycles. The van der Waals surface area contributed by atoms with Gasteiger partial charge in [-0.15, -0.1) is 0 Å². The average molecular weight is 419 g/mol. The van der Waals surface area contributed by atoms with E-state index < -0.39 is 11.6 Å². The molecule has 1 atom stereocenters. The molecule has 4 heteroatoms. The molecule has 0 radical (unpaired) electrons. The summed E-state index contributed by atoms with van der Waals surface area (Å²) < 4.78 is 39.6. The standard InChI is InChI=1S/C26H36F2O2/c1-2-3-18-6-10-21(11-7-18)22-12-8-20(9-13-22)17-30-24-15-14-23(25(27)26(24)28)29-16-19-4-5-19/h8,14-15,18-19,21-22H,2-7,9-13,16-17H2,1H3. The van der Waals surface area contributed by atoms with Crippen LogP contribution in [0, 0.1) is 35.3 Å². The van der Waals surface area contributed by atoms with Crippen LogP contribution in [-0.2, 0) is 0 Å². The van der Waals surface area contributed by atoms with Gasteiger partial charge < -0.3 is 9.47 Å². The lowest BCUT2D eigenvalue weighted by Crippen LogP contribution is -2.23. The highest BCUT2D eigenvalue weighted by Crippen LogP contribution is 2.41. The van der Waals surface area contributed by atoms with Crippen molar-refractivity contribution in [3.8, 4) is 11.5 Å². The molecule has 0 spiro atoms. The van der Waals surface area contributed by atoms with Gasteiger partial charge in [-0.05, 0) is 86.3 Å². The Morgan fingerprint density at radius 3 is 2.10 bits per heavy atom. The van der Waals surface area contributed by atoms with E-state index in [0.29, 0.717) is 19.1 Å². The third kappa shape index (κ3) is 5.56. The molecule has 166 valence electrons. The van der Waals surface area contributed by atoms with E-state index in [0.717, 1.165) is 43.4 Å². The number of rotatable bonds is 9. The van der Waals surface area contributed by atoms with Gasteiger partial charge in [-0.1, -0.05) is 38.7 Å². The van der Waals surface area contributed by atoms with Crippen LogP contribution >= 0.6 is 0 Å². The molecule has 30 heavy (non-hydrogen) atoms. The lowest BCUT2D eigenvalue weighted by atomic mass is 9.71. The first kappa shape index (κ1) is 21.6. The molecule has 2 saturated carbocycles. The molecule has 0 heterocycles. The smallest absolute Gasteiger partial charge is 0.204 e. The summed E-state index contributed by atoms with van der Waals surface area (Å²) >= 11 is 0. The Balaban J connectivity index is 1.24. The molecule has 2 nitrogen and oxygen atoms in total. The van der Waals surface area contributed by atoms with Gasteiger partial charge in [0.1, 0.15) is 6.61 Å². The summed E-state index contributed by atoms with van der Waals surface area (Å²) in [6.45, 7) is 3.10. The number of ether oxygens (including phenoxy) is 2. The Morgan fingerprint density at radius 1 is 0.833 bits per heavy atom. The highest BCUT2D eigenvalue weighted by Gasteiger charge is 2.28. The third-order valence-electron chi connectivity index (χ3n) is 7.40. The zero-order chi connectivity index (χ0) is 20.9. The lowest BCUT2D eigenvalue weighted by Gasteiger charge is -2.35. The van der Waals surface area contributed by atoms with E-state index in [-0.39, 0.29) is 11.5 Å². The topological polar surface area (TPSA) is 18.5 Å². The zero-order valence-corrected chi connectivity index (χ0v) is 18.3. The minimum atomic E-state index is -0.943. The van der Waals surface area contributed by atoms with Crippen molar-refractivity contribution in [2.45, 2.75) is 77.6 Å². The second kappa shape index (κ2) is 10.2. The second-order valence-electron chi connectivity index (χ2n) is 9.70. The number of halogens is 2. The summed E-state index contributed by atoms with van der Waals surface area (Å²) in [6, 6.07) is 2.97. The van der Waals surface area contributed by atoms with Crippen molar-refractivity contribution in [1.29, 1.82) is 0 Å². The molecule has 3 aliphatic carbocycles. The minimum absolute atomic E-state index is 0.0138. The second-order valence-corrected chi connectivity index (χ2v) is 9.70. The lowest BCUT2D eigenvalue weighted by molar-refractivity contribution is 0.184. The van der Waals surface area contributed by atoms with Gasteiger partial charge in [0.2, 0.25) is 11.6 Å². The summed E-state index contributed by atoms with van der Waals surface area (Å²) in [7, 11) is 0. The summed E-state index contributed by atoms with van der Waals surface area (Å²) in [5.74, 6) is 1.18. The van der Waals surface area contributed by atoms with Gasteiger partial charge in [-0.2, -0.15) is 8.78 Å². The van der Waals surface area contributed by atoms with Crippen molar-refractivity contribution < 1.29 is 18.3 Å². The van der Waals surface area contributed by atoms with Crippen LogP contribution in [0.2, 0.25) is 0 Å². The molecule has 0 N–H and O–H groups in total. The van der Waals surface area contributed by atoms with Crippen LogP contribution in [0.1, 0.15) is 77.6 Å². The monoisotopic (exact) mass is 418 g/mol. The molecule has 0 aromatic heterocycles. The van der Waals surface area contributed by atoms with Gasteiger partial charge in [0.05, 0.1) is 6.61 Å². The zero-order valence-electron chi connectivity index (χ0n) is 18.3. The van der Waals surface area contributed by atoms with Crippen LogP contribution in [0.15, 0.2) is 23.8 Å². The molecule has 4 rings (SSSR count). The predicted octanol–water partition coefficient (Wildman–Crippen LogP) is 7.47. The molecule has 3 aliphatic rings. The van der Waals surface area contributed by atoms with Gasteiger partial charge in [0.25, 0.3) is 0 Å². The maximum atomic E-state index is 14.3. The SMILES string of the molecule is CCCC1CCC(C2CC=C(COc3ccc(OCC4CC4)c(F)c3F)CC2)CC1. The maximum Gasteiger partial charge on any atom is 0.204 e. The number of allylic oxidation sites excluding steroid dienone is 1. The quantitative estimate of drug-likeness (QED) is 0.387. The van der Waals surface area contributed by atoms with Crippen molar-refractivity contribution in [2.75, 3.05) is 13.2 Å². The van der Waals surface area contributed by atoms with E-state index in [9.17, 15) is 8.78 Å². The number of hydrogen-bond acceptors (Lipinski definition) is 2. The molecule has 0 bridgehead atoms. The van der Waals surface area contributed by atoms with Crippen molar-refractivity contribution in [3.05, 3.63) is 35.4 Å². The fourth-order valence-electron chi connectivity index (χ4n) is 5.22. The molecule has 2 fully saturated rings. The van der Waals surface area contributed by atoms with Crippen LogP contribution in [-0.4, -0.2) is 13.2 Å². The van der Waals surface area contributed by atoms with Crippen LogP contribution in [0.4, 0.5) is 8.78 Å². The van der Waals surface area contributed by atoms with Crippen LogP contribution in [0.25, 0.3) is 0 Å². The predicted molar refractivity (Wildman–Crippen MR) is 116 cm³/mol. The summed E-state index contributed by atoms with van der Waals surface area (Å²) in [6.07, 6.45) is 16.1.